The maximum absolute atomic E-state index is 12.0. The van der Waals surface area contributed by atoms with E-state index >= 15 is 0 Å². The second kappa shape index (κ2) is 8.96. The standard InChI is InChI=1S/C18H22N2O5/c1-12(25-17(23)14-9-7-13(11-21)8-10-14)16(22)20-18(24)19-15-5-3-2-4-6-15/h7-12,15H,2-6H2,1H3,(H2,19,20,22,24)/t12-/m1/s1. The van der Waals surface area contributed by atoms with E-state index in [1.807, 2.05) is 0 Å². The number of ether oxygens (including phenoxy) is 1. The molecule has 0 aromatic heterocycles. The highest BCUT2D eigenvalue weighted by Gasteiger charge is 2.22. The van der Waals surface area contributed by atoms with Crippen molar-refractivity contribution < 1.29 is 23.9 Å². The van der Waals surface area contributed by atoms with Gasteiger partial charge in [0.05, 0.1) is 5.56 Å². The predicted octanol–water partition coefficient (Wildman–Crippen LogP) is 2.20. The van der Waals surface area contributed by atoms with Crippen molar-refractivity contribution >= 4 is 24.2 Å². The molecule has 0 saturated heterocycles. The van der Waals surface area contributed by atoms with Gasteiger partial charge in [-0.1, -0.05) is 31.4 Å². The summed E-state index contributed by atoms with van der Waals surface area (Å²) in [6, 6.07) is 5.34. The summed E-state index contributed by atoms with van der Waals surface area (Å²) in [6.45, 7) is 1.39. The van der Waals surface area contributed by atoms with Crippen LogP contribution in [0.25, 0.3) is 0 Å². The van der Waals surface area contributed by atoms with Crippen molar-refractivity contribution in [2.45, 2.75) is 51.2 Å². The highest BCUT2D eigenvalue weighted by molar-refractivity contribution is 5.98. The molecule has 0 bridgehead atoms. The summed E-state index contributed by atoms with van der Waals surface area (Å²) in [7, 11) is 0. The molecule has 134 valence electrons. The first-order valence-electron chi connectivity index (χ1n) is 8.37. The highest BCUT2D eigenvalue weighted by atomic mass is 16.5. The van der Waals surface area contributed by atoms with Gasteiger partial charge in [0, 0.05) is 11.6 Å². The van der Waals surface area contributed by atoms with Gasteiger partial charge in [0.15, 0.2) is 6.10 Å². The molecule has 2 N–H and O–H groups in total. The fraction of sp³-hybridized carbons (Fsp3) is 0.444. The number of carbonyl (C=O) groups excluding carboxylic acids is 4. The maximum atomic E-state index is 12.0. The Labute approximate surface area is 146 Å². The molecule has 0 heterocycles. The average molecular weight is 346 g/mol. The molecule has 7 nitrogen and oxygen atoms in total. The lowest BCUT2D eigenvalue weighted by atomic mass is 9.96. The van der Waals surface area contributed by atoms with Crippen LogP contribution in [0.5, 0.6) is 0 Å². The van der Waals surface area contributed by atoms with Crippen LogP contribution in [0, 0.1) is 0 Å². The van der Waals surface area contributed by atoms with Crippen molar-refractivity contribution in [3.63, 3.8) is 0 Å². The second-order valence-corrected chi connectivity index (χ2v) is 6.09. The molecule has 7 heteroatoms. The minimum absolute atomic E-state index is 0.0794. The van der Waals surface area contributed by atoms with E-state index in [9.17, 15) is 19.2 Å². The molecular weight excluding hydrogens is 324 g/mol. The molecule has 1 aromatic rings. The molecule has 0 spiro atoms. The Bertz CT molecular complexity index is 635. The summed E-state index contributed by atoms with van der Waals surface area (Å²) < 4.78 is 5.04. The van der Waals surface area contributed by atoms with Gasteiger partial charge in [0.2, 0.25) is 0 Å². The van der Waals surface area contributed by atoms with Crippen molar-refractivity contribution in [1.82, 2.24) is 10.6 Å². The fourth-order valence-corrected chi connectivity index (χ4v) is 2.66. The third-order valence-electron chi connectivity index (χ3n) is 4.11. The molecule has 1 aromatic carbocycles. The summed E-state index contributed by atoms with van der Waals surface area (Å²) >= 11 is 0. The molecule has 3 amide bonds. The van der Waals surface area contributed by atoms with Crippen molar-refractivity contribution in [1.29, 1.82) is 0 Å². The lowest BCUT2D eigenvalue weighted by molar-refractivity contribution is -0.127. The Balaban J connectivity index is 1.80. The van der Waals surface area contributed by atoms with Crippen LogP contribution in [0.1, 0.15) is 59.7 Å². The summed E-state index contributed by atoms with van der Waals surface area (Å²) in [5, 5.41) is 4.95. The number of imide groups is 1. The van der Waals surface area contributed by atoms with Crippen LogP contribution in [-0.2, 0) is 9.53 Å². The first kappa shape index (κ1) is 18.6. The monoisotopic (exact) mass is 346 g/mol. The zero-order chi connectivity index (χ0) is 18.2. The molecular formula is C18H22N2O5. The molecule has 1 aliphatic carbocycles. The fourth-order valence-electron chi connectivity index (χ4n) is 2.66. The van der Waals surface area contributed by atoms with E-state index in [1.54, 1.807) is 0 Å². The maximum Gasteiger partial charge on any atom is 0.338 e. The first-order chi connectivity index (χ1) is 12.0. The molecule has 25 heavy (non-hydrogen) atoms. The molecule has 2 rings (SSSR count). The topological polar surface area (TPSA) is 102 Å². The summed E-state index contributed by atoms with van der Waals surface area (Å²) in [5.74, 6) is -1.39. The molecule has 0 radical (unpaired) electrons. The Kier molecular flexibility index (Phi) is 6.68. The van der Waals surface area contributed by atoms with Crippen molar-refractivity contribution in [2.24, 2.45) is 0 Å². The Morgan fingerprint density at radius 3 is 2.36 bits per heavy atom. The number of amides is 3. The molecule has 1 aliphatic rings. The number of hydrogen-bond acceptors (Lipinski definition) is 5. The van der Waals surface area contributed by atoms with Gasteiger partial charge in [0.1, 0.15) is 6.29 Å². The summed E-state index contributed by atoms with van der Waals surface area (Å²) in [5.41, 5.74) is 0.652. The number of benzene rings is 1. The number of aldehydes is 1. The van der Waals surface area contributed by atoms with E-state index in [0.29, 0.717) is 11.8 Å². The Morgan fingerprint density at radius 1 is 1.12 bits per heavy atom. The minimum Gasteiger partial charge on any atom is -0.449 e. The number of rotatable bonds is 5. The van der Waals surface area contributed by atoms with E-state index in [2.05, 4.69) is 10.6 Å². The summed E-state index contributed by atoms with van der Waals surface area (Å²) in [4.78, 5) is 46.4. The average Bonchev–Trinajstić information content (AvgIpc) is 2.62. The normalized spacial score (nSPS) is 15.7. The zero-order valence-electron chi connectivity index (χ0n) is 14.1. The lowest BCUT2D eigenvalue weighted by Gasteiger charge is -2.23. The van der Waals surface area contributed by atoms with Crippen LogP contribution in [0.3, 0.4) is 0 Å². The number of nitrogens with one attached hydrogen (secondary N) is 2. The van der Waals surface area contributed by atoms with Gasteiger partial charge in [-0.25, -0.2) is 9.59 Å². The van der Waals surface area contributed by atoms with Crippen molar-refractivity contribution in [3.8, 4) is 0 Å². The molecule has 1 fully saturated rings. The van der Waals surface area contributed by atoms with Gasteiger partial charge in [-0.05, 0) is 31.9 Å². The number of esters is 1. The molecule has 0 unspecified atom stereocenters. The van der Waals surface area contributed by atoms with Gasteiger partial charge < -0.3 is 10.1 Å². The largest absolute Gasteiger partial charge is 0.449 e. The number of hydrogen-bond donors (Lipinski definition) is 2. The van der Waals surface area contributed by atoms with Gasteiger partial charge in [-0.2, -0.15) is 0 Å². The van der Waals surface area contributed by atoms with Gasteiger partial charge >= 0.3 is 12.0 Å². The highest BCUT2D eigenvalue weighted by Crippen LogP contribution is 2.17. The zero-order valence-corrected chi connectivity index (χ0v) is 14.1. The quantitative estimate of drug-likeness (QED) is 0.629. The van der Waals surface area contributed by atoms with Gasteiger partial charge in [-0.15, -0.1) is 0 Å². The smallest absolute Gasteiger partial charge is 0.338 e. The lowest BCUT2D eigenvalue weighted by Crippen LogP contribution is -2.48. The van der Waals surface area contributed by atoms with Crippen molar-refractivity contribution in [3.05, 3.63) is 35.4 Å². The number of urea groups is 1. The van der Waals surface area contributed by atoms with Gasteiger partial charge in [-0.3, -0.25) is 14.9 Å². The van der Waals surface area contributed by atoms with E-state index in [4.69, 9.17) is 4.74 Å². The van der Waals surface area contributed by atoms with E-state index < -0.39 is 24.0 Å². The van der Waals surface area contributed by atoms with Crippen molar-refractivity contribution in [2.75, 3.05) is 0 Å². The first-order valence-corrected chi connectivity index (χ1v) is 8.37. The van der Waals surface area contributed by atoms with E-state index in [1.165, 1.54) is 37.6 Å². The number of carbonyl (C=O) groups is 4. The van der Waals surface area contributed by atoms with Crippen LogP contribution < -0.4 is 10.6 Å². The van der Waals surface area contributed by atoms with Crippen LogP contribution in [0.15, 0.2) is 24.3 Å². The SMILES string of the molecule is C[C@@H](OC(=O)c1ccc(C=O)cc1)C(=O)NC(=O)NC1CCCCC1. The third kappa shape index (κ3) is 5.70. The van der Waals surface area contributed by atoms with E-state index in [0.717, 1.165) is 25.7 Å². The second-order valence-electron chi connectivity index (χ2n) is 6.09. The summed E-state index contributed by atoms with van der Waals surface area (Å²) in [6.07, 6.45) is 4.66. The van der Waals surface area contributed by atoms with E-state index in [-0.39, 0.29) is 11.6 Å². The third-order valence-corrected chi connectivity index (χ3v) is 4.11. The molecule has 0 aliphatic heterocycles. The molecule has 1 atom stereocenters. The minimum atomic E-state index is -1.12. The van der Waals surface area contributed by atoms with Crippen LogP contribution in [-0.4, -0.2) is 36.3 Å². The van der Waals surface area contributed by atoms with Crippen LogP contribution >= 0.6 is 0 Å². The predicted molar refractivity (Wildman–Crippen MR) is 90.3 cm³/mol. The van der Waals surface area contributed by atoms with Gasteiger partial charge in [0.25, 0.3) is 5.91 Å². The van der Waals surface area contributed by atoms with Crippen LogP contribution in [0.2, 0.25) is 0 Å². The Morgan fingerprint density at radius 2 is 1.76 bits per heavy atom. The Hall–Kier alpha value is -2.70. The van der Waals surface area contributed by atoms with Crippen LogP contribution in [0.4, 0.5) is 4.79 Å². The molecule has 1 saturated carbocycles.